The molecule has 23 heavy (non-hydrogen) atoms. The van der Waals surface area contributed by atoms with Gasteiger partial charge in [0.05, 0.1) is 20.8 Å². The lowest BCUT2D eigenvalue weighted by Crippen LogP contribution is -2.22. The van der Waals surface area contributed by atoms with E-state index in [1.165, 1.54) is 0 Å². The van der Waals surface area contributed by atoms with Gasteiger partial charge in [0.25, 0.3) is 0 Å². The Morgan fingerprint density at radius 3 is 2.48 bits per heavy atom. The van der Waals surface area contributed by atoms with Gasteiger partial charge in [0, 0.05) is 21.9 Å². The minimum Gasteiger partial charge on any atom is -0.493 e. The molecule has 0 unspecified atom stereocenters. The first-order valence-corrected chi connectivity index (χ1v) is 7.84. The van der Waals surface area contributed by atoms with Crippen molar-refractivity contribution in [3.8, 4) is 11.5 Å². The Bertz CT molecular complexity index is 704. The van der Waals surface area contributed by atoms with E-state index in [4.69, 9.17) is 9.47 Å². The van der Waals surface area contributed by atoms with Crippen molar-refractivity contribution < 1.29 is 14.3 Å². The van der Waals surface area contributed by atoms with Gasteiger partial charge in [0.15, 0.2) is 11.5 Å². The van der Waals surface area contributed by atoms with Crippen molar-refractivity contribution >= 4 is 33.2 Å². The average Bonchev–Trinajstić information content (AvgIpc) is 2.55. The topological polar surface area (TPSA) is 59.6 Å². The van der Waals surface area contributed by atoms with Crippen molar-refractivity contribution in [2.75, 3.05) is 31.4 Å². The average molecular weight is 379 g/mol. The molecule has 0 aliphatic carbocycles. The number of methoxy groups -OCH3 is 2. The van der Waals surface area contributed by atoms with Crippen LogP contribution in [0, 0.1) is 6.92 Å². The summed E-state index contributed by atoms with van der Waals surface area (Å²) in [5.41, 5.74) is 2.58. The van der Waals surface area contributed by atoms with Gasteiger partial charge in [-0.3, -0.25) is 4.79 Å². The van der Waals surface area contributed by atoms with E-state index in [9.17, 15) is 4.79 Å². The zero-order chi connectivity index (χ0) is 16.8. The van der Waals surface area contributed by atoms with Crippen molar-refractivity contribution in [3.05, 3.63) is 46.4 Å². The highest BCUT2D eigenvalue weighted by Gasteiger charge is 2.07. The number of carbonyl (C=O) groups is 1. The molecule has 122 valence electrons. The molecular weight excluding hydrogens is 360 g/mol. The van der Waals surface area contributed by atoms with Crippen LogP contribution in [0.15, 0.2) is 40.9 Å². The van der Waals surface area contributed by atoms with Crippen molar-refractivity contribution in [3.63, 3.8) is 0 Å². The summed E-state index contributed by atoms with van der Waals surface area (Å²) in [6.07, 6.45) is 0. The summed E-state index contributed by atoms with van der Waals surface area (Å²) >= 11 is 3.40. The fourth-order valence-electron chi connectivity index (χ4n) is 2.09. The maximum absolute atomic E-state index is 12.1. The van der Waals surface area contributed by atoms with Gasteiger partial charge < -0.3 is 20.1 Å². The molecule has 2 rings (SSSR count). The fraction of sp³-hybridized carbons (Fsp3) is 0.235. The molecule has 0 bridgehead atoms. The van der Waals surface area contributed by atoms with Crippen LogP contribution < -0.4 is 20.1 Å². The molecule has 0 aliphatic rings. The summed E-state index contributed by atoms with van der Waals surface area (Å²) in [5, 5.41) is 5.95. The van der Waals surface area contributed by atoms with Crippen LogP contribution in [0.4, 0.5) is 11.4 Å². The molecule has 0 aromatic heterocycles. The standard InChI is InChI=1S/C17H19BrN2O3/c1-11-8-12(18)4-6-14(11)20-17(21)10-19-13-5-7-15(22-2)16(9-13)23-3/h4-9,19H,10H2,1-3H3,(H,20,21). The number of halogens is 1. The third-order valence-corrected chi connectivity index (χ3v) is 3.79. The highest BCUT2D eigenvalue weighted by Crippen LogP contribution is 2.29. The Hall–Kier alpha value is -2.21. The number of carbonyl (C=O) groups excluding carboxylic acids is 1. The molecule has 5 nitrogen and oxygen atoms in total. The normalized spacial score (nSPS) is 10.1. The molecular formula is C17H19BrN2O3. The van der Waals surface area contributed by atoms with E-state index in [-0.39, 0.29) is 12.5 Å². The van der Waals surface area contributed by atoms with Crippen LogP contribution in [-0.2, 0) is 4.79 Å². The predicted octanol–water partition coefficient (Wildman–Crippen LogP) is 3.83. The Morgan fingerprint density at radius 2 is 1.83 bits per heavy atom. The lowest BCUT2D eigenvalue weighted by atomic mass is 10.2. The van der Waals surface area contributed by atoms with Gasteiger partial charge in [-0.15, -0.1) is 0 Å². The summed E-state index contributed by atoms with van der Waals surface area (Å²) in [5.74, 6) is 1.14. The van der Waals surface area contributed by atoms with E-state index in [1.54, 1.807) is 26.4 Å². The van der Waals surface area contributed by atoms with Gasteiger partial charge in [0.2, 0.25) is 5.91 Å². The lowest BCUT2D eigenvalue weighted by molar-refractivity contribution is -0.114. The minimum absolute atomic E-state index is 0.120. The summed E-state index contributed by atoms with van der Waals surface area (Å²) in [4.78, 5) is 12.1. The first-order valence-electron chi connectivity index (χ1n) is 7.05. The molecule has 0 aliphatic heterocycles. The van der Waals surface area contributed by atoms with Gasteiger partial charge in [-0.1, -0.05) is 15.9 Å². The monoisotopic (exact) mass is 378 g/mol. The van der Waals surface area contributed by atoms with Crippen LogP contribution in [0.1, 0.15) is 5.56 Å². The molecule has 0 radical (unpaired) electrons. The van der Waals surface area contributed by atoms with E-state index in [0.29, 0.717) is 11.5 Å². The van der Waals surface area contributed by atoms with E-state index >= 15 is 0 Å². The number of ether oxygens (including phenoxy) is 2. The predicted molar refractivity (Wildman–Crippen MR) is 95.5 cm³/mol. The van der Waals surface area contributed by atoms with Crippen LogP contribution in [0.25, 0.3) is 0 Å². The smallest absolute Gasteiger partial charge is 0.243 e. The largest absolute Gasteiger partial charge is 0.493 e. The first-order chi connectivity index (χ1) is 11.0. The lowest BCUT2D eigenvalue weighted by Gasteiger charge is -2.12. The number of hydrogen-bond donors (Lipinski definition) is 2. The van der Waals surface area contributed by atoms with E-state index in [0.717, 1.165) is 21.4 Å². The number of benzene rings is 2. The molecule has 2 aromatic carbocycles. The van der Waals surface area contributed by atoms with Crippen LogP contribution in [0.5, 0.6) is 11.5 Å². The van der Waals surface area contributed by atoms with Crippen LogP contribution in [0.2, 0.25) is 0 Å². The third kappa shape index (κ3) is 4.63. The SMILES string of the molecule is COc1ccc(NCC(=O)Nc2ccc(Br)cc2C)cc1OC. The van der Waals surface area contributed by atoms with Crippen LogP contribution in [-0.4, -0.2) is 26.7 Å². The Morgan fingerprint density at radius 1 is 1.09 bits per heavy atom. The van der Waals surface area contributed by atoms with Gasteiger partial charge in [-0.2, -0.15) is 0 Å². The van der Waals surface area contributed by atoms with Gasteiger partial charge in [-0.05, 0) is 42.8 Å². The maximum atomic E-state index is 12.1. The fourth-order valence-corrected chi connectivity index (χ4v) is 2.57. The third-order valence-electron chi connectivity index (χ3n) is 3.30. The minimum atomic E-state index is -0.120. The number of amides is 1. The number of nitrogens with one attached hydrogen (secondary N) is 2. The molecule has 0 saturated heterocycles. The second kappa shape index (κ2) is 7.87. The van der Waals surface area contributed by atoms with Crippen molar-refractivity contribution in [1.29, 1.82) is 0 Å². The molecule has 2 N–H and O–H groups in total. The van der Waals surface area contributed by atoms with Gasteiger partial charge in [-0.25, -0.2) is 0 Å². The summed E-state index contributed by atoms with van der Waals surface area (Å²) in [6, 6.07) is 11.1. The Balaban J connectivity index is 1.96. The molecule has 2 aromatic rings. The molecule has 1 amide bonds. The second-order valence-corrected chi connectivity index (χ2v) is 5.85. The highest BCUT2D eigenvalue weighted by atomic mass is 79.9. The zero-order valence-electron chi connectivity index (χ0n) is 13.3. The second-order valence-electron chi connectivity index (χ2n) is 4.93. The van der Waals surface area contributed by atoms with Gasteiger partial charge in [0.1, 0.15) is 0 Å². The molecule has 0 fully saturated rings. The zero-order valence-corrected chi connectivity index (χ0v) is 14.9. The van der Waals surface area contributed by atoms with Gasteiger partial charge >= 0.3 is 0 Å². The maximum Gasteiger partial charge on any atom is 0.243 e. The molecule has 0 atom stereocenters. The number of anilines is 2. The quantitative estimate of drug-likeness (QED) is 0.801. The Labute approximate surface area is 144 Å². The summed E-state index contributed by atoms with van der Waals surface area (Å²) in [6.45, 7) is 2.10. The summed E-state index contributed by atoms with van der Waals surface area (Å²) < 4.78 is 11.4. The number of hydrogen-bond acceptors (Lipinski definition) is 4. The summed E-state index contributed by atoms with van der Waals surface area (Å²) in [7, 11) is 3.16. The molecule has 0 spiro atoms. The Kier molecular flexibility index (Phi) is 5.87. The number of rotatable bonds is 6. The van der Waals surface area contributed by atoms with Crippen LogP contribution >= 0.6 is 15.9 Å². The van der Waals surface area contributed by atoms with Crippen molar-refractivity contribution in [1.82, 2.24) is 0 Å². The van der Waals surface area contributed by atoms with Crippen molar-refractivity contribution in [2.24, 2.45) is 0 Å². The van der Waals surface area contributed by atoms with E-state index < -0.39 is 0 Å². The first kappa shape index (κ1) is 17.1. The van der Waals surface area contributed by atoms with Crippen molar-refractivity contribution in [2.45, 2.75) is 6.92 Å². The van der Waals surface area contributed by atoms with E-state index in [1.807, 2.05) is 31.2 Å². The molecule has 0 heterocycles. The van der Waals surface area contributed by atoms with Crippen LogP contribution in [0.3, 0.4) is 0 Å². The number of aryl methyl sites for hydroxylation is 1. The highest BCUT2D eigenvalue weighted by molar-refractivity contribution is 9.10. The molecule has 0 saturated carbocycles. The van der Waals surface area contributed by atoms with E-state index in [2.05, 4.69) is 26.6 Å². The molecule has 6 heteroatoms.